The maximum Gasteiger partial charge on any atom is 0.321 e. The Morgan fingerprint density at radius 2 is 1.81 bits per heavy atom. The molecule has 0 radical (unpaired) electrons. The predicted octanol–water partition coefficient (Wildman–Crippen LogP) is 3.82. The SMILES string of the molecule is CCCCC(C(=O)OC)S(=O)c1ccc(C(C)(C)C)cc1. The van der Waals surface area contributed by atoms with Crippen LogP contribution in [0.5, 0.6) is 0 Å². The third-order valence-corrected chi connectivity index (χ3v) is 5.18. The number of esters is 1. The minimum Gasteiger partial charge on any atom is -0.468 e. The van der Waals surface area contributed by atoms with Gasteiger partial charge in [-0.05, 0) is 29.5 Å². The van der Waals surface area contributed by atoms with E-state index in [1.54, 1.807) is 0 Å². The second kappa shape index (κ2) is 7.74. The summed E-state index contributed by atoms with van der Waals surface area (Å²) in [5.41, 5.74) is 1.25. The molecular formula is C17H26O3S. The van der Waals surface area contributed by atoms with E-state index in [0.29, 0.717) is 11.3 Å². The van der Waals surface area contributed by atoms with Crippen molar-refractivity contribution in [2.45, 2.75) is 62.5 Å². The van der Waals surface area contributed by atoms with Crippen LogP contribution >= 0.6 is 0 Å². The van der Waals surface area contributed by atoms with E-state index in [1.165, 1.54) is 12.7 Å². The number of hydrogen-bond donors (Lipinski definition) is 0. The van der Waals surface area contributed by atoms with E-state index in [2.05, 4.69) is 27.7 Å². The molecule has 0 aliphatic carbocycles. The van der Waals surface area contributed by atoms with Gasteiger partial charge in [-0.1, -0.05) is 52.7 Å². The van der Waals surface area contributed by atoms with Gasteiger partial charge in [0, 0.05) is 4.90 Å². The van der Waals surface area contributed by atoms with E-state index in [9.17, 15) is 9.00 Å². The summed E-state index contributed by atoms with van der Waals surface area (Å²) in [6.07, 6.45) is 2.43. The smallest absolute Gasteiger partial charge is 0.321 e. The van der Waals surface area contributed by atoms with Crippen LogP contribution in [0.1, 0.15) is 52.5 Å². The first-order chi connectivity index (χ1) is 9.81. The summed E-state index contributed by atoms with van der Waals surface area (Å²) in [6.45, 7) is 8.46. The molecule has 0 N–H and O–H groups in total. The predicted molar refractivity (Wildman–Crippen MR) is 86.9 cm³/mol. The maximum absolute atomic E-state index is 12.6. The first-order valence-electron chi connectivity index (χ1n) is 7.40. The second-order valence-corrected chi connectivity index (χ2v) is 7.86. The molecule has 0 saturated heterocycles. The molecule has 2 unspecified atom stereocenters. The summed E-state index contributed by atoms with van der Waals surface area (Å²) in [6, 6.07) is 7.69. The molecule has 0 aliphatic rings. The van der Waals surface area contributed by atoms with Gasteiger partial charge in [0.2, 0.25) is 0 Å². The number of unbranched alkanes of at least 4 members (excludes halogenated alkanes) is 1. The molecule has 0 fully saturated rings. The van der Waals surface area contributed by atoms with Gasteiger partial charge < -0.3 is 4.74 Å². The first-order valence-corrected chi connectivity index (χ1v) is 8.61. The summed E-state index contributed by atoms with van der Waals surface area (Å²) in [4.78, 5) is 12.5. The first kappa shape index (κ1) is 17.9. The van der Waals surface area contributed by atoms with Crippen molar-refractivity contribution in [3.8, 4) is 0 Å². The van der Waals surface area contributed by atoms with Crippen molar-refractivity contribution in [1.82, 2.24) is 0 Å². The highest BCUT2D eigenvalue weighted by Gasteiger charge is 2.27. The molecule has 0 spiro atoms. The molecule has 21 heavy (non-hydrogen) atoms. The monoisotopic (exact) mass is 310 g/mol. The van der Waals surface area contributed by atoms with E-state index >= 15 is 0 Å². The lowest BCUT2D eigenvalue weighted by Crippen LogP contribution is -2.27. The van der Waals surface area contributed by atoms with E-state index in [1.807, 2.05) is 24.3 Å². The molecule has 0 amide bonds. The minimum absolute atomic E-state index is 0.0595. The zero-order valence-electron chi connectivity index (χ0n) is 13.6. The molecule has 0 aromatic heterocycles. The standard InChI is InChI=1S/C17H26O3S/c1-6-7-8-15(16(18)20-5)21(19)14-11-9-13(10-12-14)17(2,3)4/h9-12,15H,6-8H2,1-5H3. The molecule has 0 saturated carbocycles. The summed E-state index contributed by atoms with van der Waals surface area (Å²) in [5, 5.41) is -0.574. The maximum atomic E-state index is 12.6. The van der Waals surface area contributed by atoms with Gasteiger partial charge in [0.25, 0.3) is 0 Å². The fourth-order valence-electron chi connectivity index (χ4n) is 2.09. The highest BCUT2D eigenvalue weighted by atomic mass is 32.2. The Morgan fingerprint density at radius 1 is 1.24 bits per heavy atom. The van der Waals surface area contributed by atoms with E-state index in [0.717, 1.165) is 12.8 Å². The molecule has 0 aliphatic heterocycles. The highest BCUT2D eigenvalue weighted by Crippen LogP contribution is 2.24. The molecule has 1 aromatic rings. The van der Waals surface area contributed by atoms with Gasteiger partial charge in [-0.2, -0.15) is 0 Å². The average molecular weight is 310 g/mol. The molecule has 0 bridgehead atoms. The summed E-state index contributed by atoms with van der Waals surface area (Å²) in [7, 11) is -0.0139. The fraction of sp³-hybridized carbons (Fsp3) is 0.588. The van der Waals surface area contributed by atoms with E-state index in [4.69, 9.17) is 4.74 Å². The second-order valence-electron chi connectivity index (χ2n) is 6.23. The zero-order valence-corrected chi connectivity index (χ0v) is 14.5. The van der Waals surface area contributed by atoms with Gasteiger partial charge in [0.05, 0.1) is 17.9 Å². The van der Waals surface area contributed by atoms with Gasteiger partial charge in [-0.25, -0.2) is 0 Å². The normalized spacial score (nSPS) is 14.5. The zero-order chi connectivity index (χ0) is 16.0. The average Bonchev–Trinajstić information content (AvgIpc) is 2.46. The lowest BCUT2D eigenvalue weighted by atomic mass is 9.87. The van der Waals surface area contributed by atoms with Crippen molar-refractivity contribution < 1.29 is 13.7 Å². The molecule has 1 rings (SSSR count). The highest BCUT2D eigenvalue weighted by molar-refractivity contribution is 7.86. The molecule has 3 nitrogen and oxygen atoms in total. The Kier molecular flexibility index (Phi) is 6.59. The van der Waals surface area contributed by atoms with Gasteiger partial charge in [-0.3, -0.25) is 9.00 Å². The van der Waals surface area contributed by atoms with Crippen LogP contribution in [0.4, 0.5) is 0 Å². The van der Waals surface area contributed by atoms with E-state index in [-0.39, 0.29) is 11.4 Å². The molecule has 0 heterocycles. The quantitative estimate of drug-likeness (QED) is 0.750. The summed E-state index contributed by atoms with van der Waals surface area (Å²) < 4.78 is 17.4. The summed E-state index contributed by atoms with van der Waals surface area (Å²) in [5.74, 6) is -0.387. The molecule has 1 aromatic carbocycles. The van der Waals surface area contributed by atoms with Crippen molar-refractivity contribution in [2.24, 2.45) is 0 Å². The summed E-state index contributed by atoms with van der Waals surface area (Å²) >= 11 is 0. The Hall–Kier alpha value is -1.16. The number of carbonyl (C=O) groups excluding carboxylic acids is 1. The van der Waals surface area contributed by atoms with Gasteiger partial charge in [0.15, 0.2) is 0 Å². The Balaban J connectivity index is 2.95. The van der Waals surface area contributed by atoms with Crippen LogP contribution in [0, 0.1) is 0 Å². The van der Waals surface area contributed by atoms with E-state index < -0.39 is 16.0 Å². The Labute approximate surface area is 130 Å². The fourth-order valence-corrected chi connectivity index (χ4v) is 3.47. The lowest BCUT2D eigenvalue weighted by molar-refractivity contribution is -0.140. The van der Waals surface area contributed by atoms with Crippen molar-refractivity contribution in [1.29, 1.82) is 0 Å². The topological polar surface area (TPSA) is 43.4 Å². The number of benzene rings is 1. The Bertz CT molecular complexity index is 486. The molecule has 2 atom stereocenters. The molecule has 118 valence electrons. The van der Waals surface area contributed by atoms with Crippen molar-refractivity contribution >= 4 is 16.8 Å². The lowest BCUT2D eigenvalue weighted by Gasteiger charge is -2.20. The number of ether oxygens (including phenoxy) is 1. The minimum atomic E-state index is -1.36. The van der Waals surface area contributed by atoms with Crippen LogP contribution in [0.25, 0.3) is 0 Å². The largest absolute Gasteiger partial charge is 0.468 e. The van der Waals surface area contributed by atoms with Crippen LogP contribution in [-0.4, -0.2) is 22.5 Å². The number of rotatable bonds is 6. The number of hydrogen-bond acceptors (Lipinski definition) is 3. The van der Waals surface area contributed by atoms with Crippen molar-refractivity contribution in [3.63, 3.8) is 0 Å². The third kappa shape index (κ3) is 4.95. The van der Waals surface area contributed by atoms with Gasteiger partial charge in [0.1, 0.15) is 5.25 Å². The van der Waals surface area contributed by atoms with Crippen molar-refractivity contribution in [3.05, 3.63) is 29.8 Å². The third-order valence-electron chi connectivity index (χ3n) is 3.50. The van der Waals surface area contributed by atoms with Crippen LogP contribution in [0.3, 0.4) is 0 Å². The van der Waals surface area contributed by atoms with Crippen LogP contribution < -0.4 is 0 Å². The van der Waals surface area contributed by atoms with Crippen LogP contribution in [0.2, 0.25) is 0 Å². The molecule has 4 heteroatoms. The van der Waals surface area contributed by atoms with Gasteiger partial charge >= 0.3 is 5.97 Å². The number of methoxy groups -OCH3 is 1. The Morgan fingerprint density at radius 3 is 2.24 bits per heavy atom. The molecular weight excluding hydrogens is 284 g/mol. The van der Waals surface area contributed by atoms with Crippen LogP contribution in [-0.2, 0) is 25.7 Å². The number of carbonyl (C=O) groups is 1. The van der Waals surface area contributed by atoms with Gasteiger partial charge in [-0.15, -0.1) is 0 Å². The van der Waals surface area contributed by atoms with Crippen molar-refractivity contribution in [2.75, 3.05) is 7.11 Å². The van der Waals surface area contributed by atoms with Crippen LogP contribution in [0.15, 0.2) is 29.2 Å².